The lowest BCUT2D eigenvalue weighted by Gasteiger charge is -2.00. The number of thioether (sulfide) groups is 1. The standard InChI is InChI=1S/C19H19N3O3S2/c1-21-16-10-9-15(22(24)25)12-17(16)27-19(21)20-18(23)8-5-11-26-13-14-6-3-2-4-7-14/h2-4,6-7,9-10,12H,5,8,11,13H2,1H3. The zero-order valence-electron chi connectivity index (χ0n) is 14.8. The van der Waals surface area contributed by atoms with Gasteiger partial charge in [-0.25, -0.2) is 0 Å². The van der Waals surface area contributed by atoms with Crippen molar-refractivity contribution in [2.45, 2.75) is 18.6 Å². The topological polar surface area (TPSA) is 77.5 Å². The van der Waals surface area contributed by atoms with Crippen LogP contribution in [0.3, 0.4) is 0 Å². The number of carbonyl (C=O) groups is 1. The Balaban J connectivity index is 1.58. The van der Waals surface area contributed by atoms with Crippen molar-refractivity contribution in [1.29, 1.82) is 0 Å². The van der Waals surface area contributed by atoms with Crippen LogP contribution in [-0.2, 0) is 17.6 Å². The third-order valence-electron chi connectivity index (χ3n) is 4.01. The first-order valence-electron chi connectivity index (χ1n) is 8.48. The molecule has 0 spiro atoms. The second-order valence-electron chi connectivity index (χ2n) is 6.00. The Morgan fingerprint density at radius 3 is 2.78 bits per heavy atom. The summed E-state index contributed by atoms with van der Waals surface area (Å²) in [4.78, 5) is 27.4. The highest BCUT2D eigenvalue weighted by molar-refractivity contribution is 7.98. The molecular weight excluding hydrogens is 382 g/mol. The molecule has 0 saturated carbocycles. The number of hydrogen-bond donors (Lipinski definition) is 0. The van der Waals surface area contributed by atoms with Gasteiger partial charge in [0.2, 0.25) is 5.91 Å². The van der Waals surface area contributed by atoms with E-state index in [1.807, 2.05) is 25.2 Å². The minimum atomic E-state index is -0.422. The van der Waals surface area contributed by atoms with Crippen molar-refractivity contribution in [1.82, 2.24) is 4.57 Å². The minimum absolute atomic E-state index is 0.0395. The van der Waals surface area contributed by atoms with E-state index in [0.717, 1.165) is 28.1 Å². The highest BCUT2D eigenvalue weighted by atomic mass is 32.2. The van der Waals surface area contributed by atoms with Crippen LogP contribution in [-0.4, -0.2) is 21.2 Å². The normalized spacial score (nSPS) is 11.8. The molecule has 0 saturated heterocycles. The number of benzene rings is 2. The van der Waals surface area contributed by atoms with Crippen molar-refractivity contribution in [3.05, 3.63) is 69.0 Å². The number of nitro benzene ring substituents is 1. The summed E-state index contributed by atoms with van der Waals surface area (Å²) in [6.45, 7) is 0. The average molecular weight is 402 g/mol. The average Bonchev–Trinajstić information content (AvgIpc) is 2.97. The molecule has 8 heteroatoms. The van der Waals surface area contributed by atoms with Gasteiger partial charge in [0.1, 0.15) is 0 Å². The van der Waals surface area contributed by atoms with Crippen LogP contribution in [0.15, 0.2) is 53.5 Å². The fourth-order valence-electron chi connectivity index (χ4n) is 2.60. The molecular formula is C19H19N3O3S2. The Morgan fingerprint density at radius 2 is 2.04 bits per heavy atom. The Hall–Kier alpha value is -2.45. The number of nitrogens with zero attached hydrogens (tertiary/aromatic N) is 3. The Morgan fingerprint density at radius 1 is 1.26 bits per heavy atom. The van der Waals surface area contributed by atoms with Crippen molar-refractivity contribution in [3.63, 3.8) is 0 Å². The summed E-state index contributed by atoms with van der Waals surface area (Å²) in [5.41, 5.74) is 2.15. The van der Waals surface area contributed by atoms with Gasteiger partial charge in [-0.1, -0.05) is 41.7 Å². The Kier molecular flexibility index (Phi) is 6.41. The maximum atomic E-state index is 12.2. The van der Waals surface area contributed by atoms with Crippen molar-refractivity contribution < 1.29 is 9.72 Å². The predicted octanol–water partition coefficient (Wildman–Crippen LogP) is 4.29. The highest BCUT2D eigenvalue weighted by Gasteiger charge is 2.10. The molecule has 1 amide bonds. The summed E-state index contributed by atoms with van der Waals surface area (Å²) >= 11 is 3.10. The van der Waals surface area contributed by atoms with Crippen molar-refractivity contribution in [2.75, 3.05) is 5.75 Å². The van der Waals surface area contributed by atoms with E-state index in [0.29, 0.717) is 11.2 Å². The van der Waals surface area contributed by atoms with E-state index >= 15 is 0 Å². The number of rotatable bonds is 7. The molecule has 140 valence electrons. The van der Waals surface area contributed by atoms with Crippen LogP contribution in [0.25, 0.3) is 10.2 Å². The van der Waals surface area contributed by atoms with Crippen LogP contribution < -0.4 is 4.80 Å². The summed E-state index contributed by atoms with van der Waals surface area (Å²) in [6, 6.07) is 14.9. The minimum Gasteiger partial charge on any atom is -0.319 e. The highest BCUT2D eigenvalue weighted by Crippen LogP contribution is 2.22. The maximum Gasteiger partial charge on any atom is 0.270 e. The largest absolute Gasteiger partial charge is 0.319 e. The fraction of sp³-hybridized carbons (Fsp3) is 0.263. The molecule has 0 bridgehead atoms. The summed E-state index contributed by atoms with van der Waals surface area (Å²) in [5, 5.41) is 10.9. The predicted molar refractivity (Wildman–Crippen MR) is 110 cm³/mol. The van der Waals surface area contributed by atoms with Crippen molar-refractivity contribution >= 4 is 44.9 Å². The smallest absolute Gasteiger partial charge is 0.270 e. The summed E-state index contributed by atoms with van der Waals surface area (Å²) < 4.78 is 2.54. The monoisotopic (exact) mass is 401 g/mol. The van der Waals surface area contributed by atoms with Gasteiger partial charge in [-0.05, 0) is 23.8 Å². The number of fused-ring (bicyclic) bond motifs is 1. The van der Waals surface area contributed by atoms with Crippen LogP contribution >= 0.6 is 23.1 Å². The third-order valence-corrected chi connectivity index (χ3v) is 6.22. The lowest BCUT2D eigenvalue weighted by atomic mass is 10.2. The zero-order valence-corrected chi connectivity index (χ0v) is 16.5. The lowest BCUT2D eigenvalue weighted by molar-refractivity contribution is -0.384. The molecule has 27 heavy (non-hydrogen) atoms. The molecule has 0 aliphatic rings. The molecule has 0 fully saturated rings. The van der Waals surface area contributed by atoms with Gasteiger partial charge in [0, 0.05) is 31.4 Å². The molecule has 1 aromatic heterocycles. The number of non-ortho nitro benzene ring substituents is 1. The molecule has 2 aromatic carbocycles. The number of nitro groups is 1. The summed E-state index contributed by atoms with van der Waals surface area (Å²) in [7, 11) is 1.81. The molecule has 0 unspecified atom stereocenters. The van der Waals surface area contributed by atoms with E-state index in [2.05, 4.69) is 17.1 Å². The van der Waals surface area contributed by atoms with Gasteiger partial charge in [0.25, 0.3) is 5.69 Å². The lowest BCUT2D eigenvalue weighted by Crippen LogP contribution is -2.13. The Labute approximate surface area is 164 Å². The first kappa shape index (κ1) is 19.3. The van der Waals surface area contributed by atoms with Crippen molar-refractivity contribution in [3.8, 4) is 0 Å². The van der Waals surface area contributed by atoms with Gasteiger partial charge >= 0.3 is 0 Å². The second-order valence-corrected chi connectivity index (χ2v) is 8.11. The Bertz CT molecular complexity index is 1030. The summed E-state index contributed by atoms with van der Waals surface area (Å²) in [6.07, 6.45) is 1.18. The number of thiazole rings is 1. The van der Waals surface area contributed by atoms with Crippen LogP contribution in [0.2, 0.25) is 0 Å². The van der Waals surface area contributed by atoms with Gasteiger partial charge in [-0.3, -0.25) is 14.9 Å². The second kappa shape index (κ2) is 8.96. The quantitative estimate of drug-likeness (QED) is 0.336. The van der Waals surface area contributed by atoms with Crippen LogP contribution in [0.5, 0.6) is 0 Å². The zero-order chi connectivity index (χ0) is 19.2. The molecule has 0 aliphatic heterocycles. The molecule has 3 rings (SSSR count). The van der Waals surface area contributed by atoms with Gasteiger partial charge in [-0.15, -0.1) is 0 Å². The molecule has 0 radical (unpaired) electrons. The summed E-state index contributed by atoms with van der Waals surface area (Å²) in [5.74, 6) is 1.68. The van der Waals surface area contributed by atoms with E-state index in [-0.39, 0.29) is 11.6 Å². The van der Waals surface area contributed by atoms with E-state index in [1.165, 1.54) is 29.0 Å². The SMILES string of the molecule is Cn1c(=NC(=O)CCCSCc2ccccc2)sc2cc([N+](=O)[O-])ccc21. The van der Waals surface area contributed by atoms with Crippen LogP contribution in [0, 0.1) is 10.1 Å². The number of aromatic nitrogens is 1. The number of amides is 1. The van der Waals surface area contributed by atoms with Gasteiger partial charge in [0.05, 0.1) is 15.1 Å². The van der Waals surface area contributed by atoms with Crippen molar-refractivity contribution in [2.24, 2.45) is 12.0 Å². The van der Waals surface area contributed by atoms with E-state index in [1.54, 1.807) is 22.4 Å². The van der Waals surface area contributed by atoms with Crippen LogP contribution in [0.4, 0.5) is 5.69 Å². The van der Waals surface area contributed by atoms with E-state index < -0.39 is 4.92 Å². The molecule has 0 aliphatic carbocycles. The third kappa shape index (κ3) is 5.05. The van der Waals surface area contributed by atoms with Gasteiger partial charge < -0.3 is 4.57 Å². The van der Waals surface area contributed by atoms with E-state index in [9.17, 15) is 14.9 Å². The maximum absolute atomic E-state index is 12.2. The van der Waals surface area contributed by atoms with Gasteiger partial charge in [0.15, 0.2) is 4.80 Å². The molecule has 1 heterocycles. The van der Waals surface area contributed by atoms with Crippen LogP contribution in [0.1, 0.15) is 18.4 Å². The first-order valence-corrected chi connectivity index (χ1v) is 10.4. The molecule has 0 atom stereocenters. The number of aryl methyl sites for hydroxylation is 1. The van der Waals surface area contributed by atoms with E-state index in [4.69, 9.17) is 0 Å². The molecule has 6 nitrogen and oxygen atoms in total. The molecule has 0 N–H and O–H groups in total. The first-order chi connectivity index (χ1) is 13.0. The number of hydrogen-bond acceptors (Lipinski definition) is 5. The van der Waals surface area contributed by atoms with Gasteiger partial charge in [-0.2, -0.15) is 16.8 Å². The number of carbonyl (C=O) groups excluding carboxylic acids is 1. The fourth-order valence-corrected chi connectivity index (χ4v) is 4.58. The molecule has 3 aromatic rings.